The molecule has 7 nitrogen and oxygen atoms in total. The van der Waals surface area contributed by atoms with E-state index in [2.05, 4.69) is 55.2 Å². The second kappa shape index (κ2) is 11.7. The Labute approximate surface area is 175 Å². The first-order valence-corrected chi connectivity index (χ1v) is 10.4. The molecule has 0 radical (unpaired) electrons. The zero-order valence-electron chi connectivity index (χ0n) is 18.5. The summed E-state index contributed by atoms with van der Waals surface area (Å²) in [7, 11) is 5.58. The van der Waals surface area contributed by atoms with Crippen LogP contribution in [0.15, 0.2) is 29.3 Å². The predicted molar refractivity (Wildman–Crippen MR) is 116 cm³/mol. The minimum absolute atomic E-state index is 0.104. The maximum absolute atomic E-state index is 12.0. The van der Waals surface area contributed by atoms with E-state index in [-0.39, 0.29) is 17.8 Å². The molecular weight excluding hydrogens is 368 g/mol. The van der Waals surface area contributed by atoms with Gasteiger partial charge >= 0.3 is 5.97 Å². The monoisotopic (exact) mass is 404 g/mol. The molecule has 2 rings (SSSR count). The third-order valence-electron chi connectivity index (χ3n) is 5.10. The molecular formula is C22H36N4O3. The minimum atomic E-state index is -0.142. The molecule has 2 atom stereocenters. The van der Waals surface area contributed by atoms with Gasteiger partial charge in [-0.3, -0.25) is 4.79 Å². The Morgan fingerprint density at radius 1 is 1.28 bits per heavy atom. The molecule has 29 heavy (non-hydrogen) atoms. The van der Waals surface area contributed by atoms with Crippen molar-refractivity contribution in [3.05, 3.63) is 29.8 Å². The normalized spacial score (nSPS) is 19.5. The Morgan fingerprint density at radius 3 is 2.62 bits per heavy atom. The number of likely N-dealkylation sites (tertiary alicyclic amines) is 1. The number of nitrogens with zero attached hydrogens (tertiary/aromatic N) is 3. The van der Waals surface area contributed by atoms with Crippen LogP contribution in [-0.4, -0.2) is 75.7 Å². The molecule has 2 unspecified atom stereocenters. The molecule has 162 valence electrons. The van der Waals surface area contributed by atoms with Crippen molar-refractivity contribution in [1.29, 1.82) is 0 Å². The van der Waals surface area contributed by atoms with Gasteiger partial charge in [-0.15, -0.1) is 0 Å². The number of hydrogen-bond acceptors (Lipinski definition) is 5. The molecule has 0 bridgehead atoms. The number of methoxy groups -OCH3 is 1. The number of carbonyl (C=O) groups is 1. The molecule has 1 saturated heterocycles. The highest BCUT2D eigenvalue weighted by molar-refractivity contribution is 5.82. The average molecular weight is 405 g/mol. The Hall–Kier alpha value is -2.28. The lowest BCUT2D eigenvalue weighted by molar-refractivity contribution is -0.145. The Kier molecular flexibility index (Phi) is 9.25. The van der Waals surface area contributed by atoms with Crippen LogP contribution in [0.2, 0.25) is 0 Å². The second-order valence-corrected chi connectivity index (χ2v) is 7.83. The van der Waals surface area contributed by atoms with E-state index in [1.165, 1.54) is 7.11 Å². The third-order valence-corrected chi connectivity index (χ3v) is 5.10. The minimum Gasteiger partial charge on any atom is -0.494 e. The van der Waals surface area contributed by atoms with Crippen LogP contribution >= 0.6 is 0 Å². The highest BCUT2D eigenvalue weighted by atomic mass is 16.5. The molecule has 1 heterocycles. The lowest BCUT2D eigenvalue weighted by Crippen LogP contribution is -2.40. The van der Waals surface area contributed by atoms with Crippen LogP contribution in [0.5, 0.6) is 5.75 Å². The third kappa shape index (κ3) is 7.24. The fraction of sp³-hybridized carbons (Fsp3) is 0.636. The summed E-state index contributed by atoms with van der Waals surface area (Å²) in [4.78, 5) is 21.0. The topological polar surface area (TPSA) is 66.4 Å². The zero-order valence-corrected chi connectivity index (χ0v) is 18.5. The van der Waals surface area contributed by atoms with E-state index >= 15 is 0 Å². The summed E-state index contributed by atoms with van der Waals surface area (Å²) in [6.07, 6.45) is 1.01. The summed E-state index contributed by atoms with van der Waals surface area (Å²) in [5.41, 5.74) is 1.12. The Morgan fingerprint density at radius 2 is 2.00 bits per heavy atom. The van der Waals surface area contributed by atoms with E-state index in [0.29, 0.717) is 13.1 Å². The van der Waals surface area contributed by atoms with E-state index in [0.717, 1.165) is 49.9 Å². The van der Waals surface area contributed by atoms with Crippen LogP contribution in [-0.2, 0) is 16.1 Å². The first kappa shape index (κ1) is 23.0. The van der Waals surface area contributed by atoms with Crippen molar-refractivity contribution in [2.45, 2.75) is 26.8 Å². The number of rotatable bonds is 9. The van der Waals surface area contributed by atoms with Gasteiger partial charge in [0.25, 0.3) is 0 Å². The largest absolute Gasteiger partial charge is 0.494 e. The van der Waals surface area contributed by atoms with Gasteiger partial charge in [-0.05, 0) is 51.1 Å². The number of nitrogens with one attached hydrogen (secondary N) is 1. The average Bonchev–Trinajstić information content (AvgIpc) is 3.10. The van der Waals surface area contributed by atoms with Gasteiger partial charge in [0.1, 0.15) is 5.75 Å². The smallest absolute Gasteiger partial charge is 0.310 e. The number of hydrogen-bond donors (Lipinski definition) is 1. The Bertz CT molecular complexity index is 661. The summed E-state index contributed by atoms with van der Waals surface area (Å²) in [6, 6.07) is 8.10. The SMILES string of the molecule is CCNC(=NCc1ccc(OCCCN(C)C)cc1)N1CC(C)C(C(=O)OC)C1. The number of ether oxygens (including phenoxy) is 2. The van der Waals surface area contributed by atoms with Crippen LogP contribution in [0.1, 0.15) is 25.8 Å². The summed E-state index contributed by atoms with van der Waals surface area (Å²) in [5.74, 6) is 1.73. The van der Waals surface area contributed by atoms with Crippen LogP contribution in [0.4, 0.5) is 0 Å². The number of benzene rings is 1. The van der Waals surface area contributed by atoms with Crippen molar-refractivity contribution >= 4 is 11.9 Å². The Balaban J connectivity index is 1.92. The van der Waals surface area contributed by atoms with Gasteiger partial charge in [0.2, 0.25) is 0 Å². The number of carbonyl (C=O) groups excluding carboxylic acids is 1. The van der Waals surface area contributed by atoms with E-state index < -0.39 is 0 Å². The highest BCUT2D eigenvalue weighted by Crippen LogP contribution is 2.24. The molecule has 0 amide bonds. The lowest BCUT2D eigenvalue weighted by Gasteiger charge is -2.21. The van der Waals surface area contributed by atoms with Crippen molar-refractivity contribution in [1.82, 2.24) is 15.1 Å². The number of guanidine groups is 1. The molecule has 0 spiro atoms. The van der Waals surface area contributed by atoms with Gasteiger partial charge in [0, 0.05) is 26.2 Å². The van der Waals surface area contributed by atoms with Gasteiger partial charge in [-0.25, -0.2) is 4.99 Å². The van der Waals surface area contributed by atoms with Crippen molar-refractivity contribution < 1.29 is 14.3 Å². The van der Waals surface area contributed by atoms with Crippen molar-refractivity contribution in [2.24, 2.45) is 16.8 Å². The summed E-state index contributed by atoms with van der Waals surface area (Å²) < 4.78 is 10.7. The van der Waals surface area contributed by atoms with Crippen molar-refractivity contribution in [2.75, 3.05) is 54.0 Å². The van der Waals surface area contributed by atoms with E-state index in [4.69, 9.17) is 14.5 Å². The molecule has 7 heteroatoms. The van der Waals surface area contributed by atoms with E-state index in [9.17, 15) is 4.79 Å². The van der Waals surface area contributed by atoms with Gasteiger partial charge in [-0.2, -0.15) is 0 Å². The van der Waals surface area contributed by atoms with Gasteiger partial charge in [0.15, 0.2) is 5.96 Å². The predicted octanol–water partition coefficient (Wildman–Crippen LogP) is 2.22. The summed E-state index contributed by atoms with van der Waals surface area (Å²) >= 11 is 0. The molecule has 0 aliphatic carbocycles. The van der Waals surface area contributed by atoms with Crippen LogP contribution in [0.25, 0.3) is 0 Å². The van der Waals surface area contributed by atoms with Gasteiger partial charge in [-0.1, -0.05) is 19.1 Å². The molecule has 1 aliphatic rings. The fourth-order valence-corrected chi connectivity index (χ4v) is 3.45. The zero-order chi connectivity index (χ0) is 21.2. The quantitative estimate of drug-likeness (QED) is 0.295. The van der Waals surface area contributed by atoms with Crippen LogP contribution in [0.3, 0.4) is 0 Å². The van der Waals surface area contributed by atoms with Crippen molar-refractivity contribution in [3.8, 4) is 5.75 Å². The van der Waals surface area contributed by atoms with Crippen LogP contribution < -0.4 is 10.1 Å². The van der Waals surface area contributed by atoms with Gasteiger partial charge < -0.3 is 24.6 Å². The van der Waals surface area contributed by atoms with Gasteiger partial charge in [0.05, 0.1) is 26.2 Å². The van der Waals surface area contributed by atoms with Crippen molar-refractivity contribution in [3.63, 3.8) is 0 Å². The second-order valence-electron chi connectivity index (χ2n) is 7.83. The standard InChI is InChI=1S/C22H36N4O3/c1-6-23-22(26-15-17(2)20(16-26)21(27)28-5)24-14-18-8-10-19(11-9-18)29-13-7-12-25(3)4/h8-11,17,20H,6-7,12-16H2,1-5H3,(H,23,24). The molecule has 1 fully saturated rings. The molecule has 0 aromatic heterocycles. The highest BCUT2D eigenvalue weighted by Gasteiger charge is 2.36. The molecule has 0 saturated carbocycles. The first-order valence-electron chi connectivity index (χ1n) is 10.4. The summed E-state index contributed by atoms with van der Waals surface area (Å²) in [5, 5.41) is 3.34. The number of aliphatic imine (C=N–C) groups is 1. The van der Waals surface area contributed by atoms with E-state index in [1.54, 1.807) is 0 Å². The van der Waals surface area contributed by atoms with E-state index in [1.807, 2.05) is 12.1 Å². The first-order chi connectivity index (χ1) is 13.9. The molecule has 1 aromatic carbocycles. The molecule has 1 N–H and O–H groups in total. The molecule has 1 aromatic rings. The summed E-state index contributed by atoms with van der Waals surface area (Å²) in [6.45, 7) is 8.67. The fourth-order valence-electron chi connectivity index (χ4n) is 3.45. The lowest BCUT2D eigenvalue weighted by atomic mass is 9.99. The maximum Gasteiger partial charge on any atom is 0.310 e. The molecule has 1 aliphatic heterocycles. The van der Waals surface area contributed by atoms with Crippen LogP contribution in [0, 0.1) is 11.8 Å². The maximum atomic E-state index is 12.0. The number of esters is 1.